The molecule has 2 aromatic carbocycles. The Labute approximate surface area is 145 Å². The molecule has 0 spiro atoms. The number of aryl methyl sites for hydroxylation is 2. The second-order valence-electron chi connectivity index (χ2n) is 6.09. The summed E-state index contributed by atoms with van der Waals surface area (Å²) in [5, 5.41) is 12.3. The third-order valence-corrected chi connectivity index (χ3v) is 4.32. The van der Waals surface area contributed by atoms with Gasteiger partial charge in [0.1, 0.15) is 6.04 Å². The third kappa shape index (κ3) is 3.10. The van der Waals surface area contributed by atoms with E-state index in [2.05, 4.69) is 5.32 Å². The van der Waals surface area contributed by atoms with Crippen LogP contribution in [0.5, 0.6) is 0 Å². The Hall–Kier alpha value is -3.15. The summed E-state index contributed by atoms with van der Waals surface area (Å²) in [5.74, 6) is -1.82. The van der Waals surface area contributed by atoms with Crippen molar-refractivity contribution in [3.8, 4) is 0 Å². The predicted octanol–water partition coefficient (Wildman–Crippen LogP) is 2.75. The molecule has 0 aliphatic carbocycles. The van der Waals surface area contributed by atoms with Gasteiger partial charge in [0.25, 0.3) is 5.91 Å². The molecule has 2 aromatic rings. The molecule has 2 amide bonds. The summed E-state index contributed by atoms with van der Waals surface area (Å²) in [5.41, 5.74) is 2.81. The molecule has 6 heteroatoms. The molecule has 0 aromatic heterocycles. The van der Waals surface area contributed by atoms with Gasteiger partial charge in [-0.25, -0.2) is 9.69 Å². The summed E-state index contributed by atoms with van der Waals surface area (Å²) < 4.78 is 0. The molecule has 128 valence electrons. The lowest BCUT2D eigenvalue weighted by molar-refractivity contribution is -0.121. The first-order valence-electron chi connectivity index (χ1n) is 7.91. The van der Waals surface area contributed by atoms with Gasteiger partial charge < -0.3 is 10.4 Å². The monoisotopic (exact) mass is 338 g/mol. The smallest absolute Gasteiger partial charge is 0.335 e. The number of carbonyl (C=O) groups excluding carboxylic acids is 2. The SMILES string of the molecule is Cc1ccccc1NC1CC(=O)N(c2cc(C(=O)O)ccc2C)C1=O. The van der Waals surface area contributed by atoms with Crippen LogP contribution in [0.15, 0.2) is 42.5 Å². The van der Waals surface area contributed by atoms with E-state index in [0.29, 0.717) is 11.3 Å². The van der Waals surface area contributed by atoms with E-state index in [0.717, 1.165) is 16.2 Å². The van der Waals surface area contributed by atoms with Gasteiger partial charge >= 0.3 is 5.97 Å². The average molecular weight is 338 g/mol. The Kier molecular flexibility index (Phi) is 4.27. The summed E-state index contributed by atoms with van der Waals surface area (Å²) in [6.45, 7) is 3.66. The number of anilines is 2. The molecule has 2 N–H and O–H groups in total. The molecule has 1 heterocycles. The van der Waals surface area contributed by atoms with Crippen LogP contribution in [0.25, 0.3) is 0 Å². The lowest BCUT2D eigenvalue weighted by Crippen LogP contribution is -2.35. The van der Waals surface area contributed by atoms with Crippen LogP contribution in [0.2, 0.25) is 0 Å². The third-order valence-electron chi connectivity index (χ3n) is 4.32. The molecule has 1 saturated heterocycles. The van der Waals surface area contributed by atoms with Crippen LogP contribution in [0.1, 0.15) is 27.9 Å². The van der Waals surface area contributed by atoms with Crippen molar-refractivity contribution in [2.75, 3.05) is 10.2 Å². The van der Waals surface area contributed by atoms with Crippen LogP contribution in [-0.4, -0.2) is 28.9 Å². The van der Waals surface area contributed by atoms with E-state index >= 15 is 0 Å². The van der Waals surface area contributed by atoms with Crippen molar-refractivity contribution in [1.29, 1.82) is 0 Å². The average Bonchev–Trinajstić information content (AvgIpc) is 2.84. The molecule has 1 unspecified atom stereocenters. The van der Waals surface area contributed by atoms with E-state index < -0.39 is 12.0 Å². The molecule has 1 aliphatic rings. The number of benzene rings is 2. The number of carboxylic acids is 1. The Morgan fingerprint density at radius 1 is 1.12 bits per heavy atom. The maximum Gasteiger partial charge on any atom is 0.335 e. The zero-order chi connectivity index (χ0) is 18.1. The Morgan fingerprint density at radius 3 is 2.52 bits per heavy atom. The highest BCUT2D eigenvalue weighted by Crippen LogP contribution is 2.29. The highest BCUT2D eigenvalue weighted by atomic mass is 16.4. The topological polar surface area (TPSA) is 86.7 Å². The zero-order valence-electron chi connectivity index (χ0n) is 13.9. The number of amides is 2. The molecule has 0 radical (unpaired) electrons. The first kappa shape index (κ1) is 16.7. The van der Waals surface area contributed by atoms with E-state index in [-0.39, 0.29) is 23.8 Å². The van der Waals surface area contributed by atoms with Crippen LogP contribution < -0.4 is 10.2 Å². The minimum Gasteiger partial charge on any atom is -0.478 e. The summed E-state index contributed by atoms with van der Waals surface area (Å²) in [4.78, 5) is 37.4. The number of nitrogens with one attached hydrogen (secondary N) is 1. The molecular formula is C19H18N2O4. The minimum absolute atomic E-state index is 0.0317. The summed E-state index contributed by atoms with van der Waals surface area (Å²) >= 11 is 0. The highest BCUT2D eigenvalue weighted by molar-refractivity contribution is 6.23. The van der Waals surface area contributed by atoms with E-state index in [1.807, 2.05) is 31.2 Å². The van der Waals surface area contributed by atoms with E-state index in [9.17, 15) is 14.4 Å². The van der Waals surface area contributed by atoms with Crippen LogP contribution in [0.4, 0.5) is 11.4 Å². The van der Waals surface area contributed by atoms with Crippen molar-refractivity contribution in [3.63, 3.8) is 0 Å². The number of carbonyl (C=O) groups is 3. The second kappa shape index (κ2) is 6.39. The fraction of sp³-hybridized carbons (Fsp3) is 0.211. The van der Waals surface area contributed by atoms with E-state index in [1.54, 1.807) is 13.0 Å². The Morgan fingerprint density at radius 2 is 1.84 bits per heavy atom. The summed E-state index contributed by atoms with van der Waals surface area (Å²) in [6.07, 6.45) is 0.0317. The van der Waals surface area contributed by atoms with Gasteiger partial charge in [-0.3, -0.25) is 9.59 Å². The van der Waals surface area contributed by atoms with Crippen molar-refractivity contribution in [2.45, 2.75) is 26.3 Å². The van der Waals surface area contributed by atoms with Crippen molar-refractivity contribution in [2.24, 2.45) is 0 Å². The van der Waals surface area contributed by atoms with Gasteiger partial charge in [-0.15, -0.1) is 0 Å². The number of nitrogens with zero attached hydrogens (tertiary/aromatic N) is 1. The quantitative estimate of drug-likeness (QED) is 0.837. The maximum atomic E-state index is 12.8. The van der Waals surface area contributed by atoms with Crippen LogP contribution in [0, 0.1) is 13.8 Å². The van der Waals surface area contributed by atoms with Gasteiger partial charge in [0, 0.05) is 5.69 Å². The molecular weight excluding hydrogens is 320 g/mol. The lowest BCUT2D eigenvalue weighted by Gasteiger charge is -2.19. The normalized spacial score (nSPS) is 17.0. The zero-order valence-corrected chi connectivity index (χ0v) is 13.9. The van der Waals surface area contributed by atoms with Crippen LogP contribution >= 0.6 is 0 Å². The second-order valence-corrected chi connectivity index (χ2v) is 6.09. The number of para-hydroxylation sites is 1. The molecule has 25 heavy (non-hydrogen) atoms. The van der Waals surface area contributed by atoms with Crippen molar-refractivity contribution >= 4 is 29.2 Å². The Balaban J connectivity index is 1.91. The number of rotatable bonds is 4. The molecule has 3 rings (SSSR count). The lowest BCUT2D eigenvalue weighted by atomic mass is 10.1. The molecule has 0 saturated carbocycles. The summed E-state index contributed by atoms with van der Waals surface area (Å²) in [7, 11) is 0. The number of aromatic carboxylic acids is 1. The van der Waals surface area contributed by atoms with Gasteiger partial charge in [-0.05, 0) is 43.2 Å². The first-order valence-corrected chi connectivity index (χ1v) is 7.91. The molecule has 0 bridgehead atoms. The van der Waals surface area contributed by atoms with Crippen LogP contribution in [-0.2, 0) is 9.59 Å². The van der Waals surface area contributed by atoms with Gasteiger partial charge in [-0.2, -0.15) is 0 Å². The highest BCUT2D eigenvalue weighted by Gasteiger charge is 2.40. The molecule has 1 aliphatic heterocycles. The fourth-order valence-corrected chi connectivity index (χ4v) is 2.90. The van der Waals surface area contributed by atoms with Gasteiger partial charge in [0.15, 0.2) is 0 Å². The van der Waals surface area contributed by atoms with Gasteiger partial charge in [-0.1, -0.05) is 24.3 Å². The Bertz CT molecular complexity index is 875. The number of hydrogen-bond acceptors (Lipinski definition) is 4. The molecule has 6 nitrogen and oxygen atoms in total. The number of hydrogen-bond donors (Lipinski definition) is 2. The largest absolute Gasteiger partial charge is 0.478 e. The maximum absolute atomic E-state index is 12.8. The number of carboxylic acid groups (broad SMARTS) is 1. The van der Waals surface area contributed by atoms with E-state index in [4.69, 9.17) is 5.11 Å². The minimum atomic E-state index is -1.10. The first-order chi connectivity index (χ1) is 11.9. The van der Waals surface area contributed by atoms with Crippen molar-refractivity contribution < 1.29 is 19.5 Å². The fourth-order valence-electron chi connectivity index (χ4n) is 2.90. The van der Waals surface area contributed by atoms with E-state index in [1.165, 1.54) is 12.1 Å². The molecule has 1 atom stereocenters. The standard InChI is InChI=1S/C19H18N2O4/c1-11-5-3-4-6-14(11)20-15-10-17(22)21(18(15)23)16-9-13(19(24)25)8-7-12(16)2/h3-9,15,20H,10H2,1-2H3,(H,24,25). The summed E-state index contributed by atoms with van der Waals surface area (Å²) in [6, 6.07) is 11.3. The number of imide groups is 1. The predicted molar refractivity (Wildman–Crippen MR) is 93.8 cm³/mol. The van der Waals surface area contributed by atoms with Gasteiger partial charge in [0.2, 0.25) is 5.91 Å². The van der Waals surface area contributed by atoms with Crippen molar-refractivity contribution in [3.05, 3.63) is 59.2 Å². The molecule has 1 fully saturated rings. The van der Waals surface area contributed by atoms with Crippen molar-refractivity contribution in [1.82, 2.24) is 0 Å². The van der Waals surface area contributed by atoms with Gasteiger partial charge in [0.05, 0.1) is 17.7 Å². The van der Waals surface area contributed by atoms with Crippen LogP contribution in [0.3, 0.4) is 0 Å².